The van der Waals surface area contributed by atoms with Crippen LogP contribution in [0.1, 0.15) is 35.7 Å². The molecule has 3 heterocycles. The molecule has 4 rings (SSSR count). The fourth-order valence-corrected chi connectivity index (χ4v) is 3.51. The van der Waals surface area contributed by atoms with Gasteiger partial charge >= 0.3 is 0 Å². The van der Waals surface area contributed by atoms with Crippen molar-refractivity contribution in [3.8, 4) is 5.75 Å². The molecule has 0 spiro atoms. The topological polar surface area (TPSA) is 82.1 Å². The van der Waals surface area contributed by atoms with Gasteiger partial charge in [-0.1, -0.05) is 11.2 Å². The molecule has 0 N–H and O–H groups in total. The summed E-state index contributed by atoms with van der Waals surface area (Å²) in [5, 5.41) is 8.17. The fraction of sp³-hybridized carbons (Fsp3) is 0.444. The van der Waals surface area contributed by atoms with Crippen LogP contribution in [0.3, 0.4) is 0 Å². The van der Waals surface area contributed by atoms with Crippen molar-refractivity contribution in [2.24, 2.45) is 0 Å². The number of methoxy groups -OCH3 is 1. The van der Waals surface area contributed by atoms with E-state index in [1.54, 1.807) is 24.4 Å². The molecule has 0 unspecified atom stereocenters. The highest BCUT2D eigenvalue weighted by Crippen LogP contribution is 2.27. The van der Waals surface area contributed by atoms with Crippen LogP contribution in [-0.2, 0) is 13.1 Å². The van der Waals surface area contributed by atoms with E-state index in [0.717, 1.165) is 49.6 Å². The molecule has 136 valence electrons. The van der Waals surface area contributed by atoms with E-state index in [1.807, 2.05) is 6.07 Å². The number of rotatable bonds is 6. The predicted octanol–water partition coefficient (Wildman–Crippen LogP) is 2.10. The monoisotopic (exact) mass is 354 g/mol. The number of piperidine rings is 1. The minimum Gasteiger partial charge on any atom is -0.496 e. The first-order chi connectivity index (χ1) is 12.8. The third-order valence-electron chi connectivity index (χ3n) is 4.88. The van der Waals surface area contributed by atoms with Crippen LogP contribution in [0.5, 0.6) is 5.75 Å². The Hall–Kier alpha value is -2.74. The van der Waals surface area contributed by atoms with E-state index < -0.39 is 0 Å². The highest BCUT2D eigenvalue weighted by atomic mass is 16.5. The maximum atomic E-state index is 5.50. The van der Waals surface area contributed by atoms with Crippen molar-refractivity contribution < 1.29 is 9.26 Å². The zero-order valence-electron chi connectivity index (χ0n) is 14.8. The van der Waals surface area contributed by atoms with Gasteiger partial charge in [0.1, 0.15) is 18.4 Å². The van der Waals surface area contributed by atoms with Gasteiger partial charge in [0.2, 0.25) is 6.39 Å². The van der Waals surface area contributed by atoms with Gasteiger partial charge in [-0.15, -0.1) is 0 Å². The van der Waals surface area contributed by atoms with Gasteiger partial charge in [0.15, 0.2) is 5.82 Å². The second kappa shape index (κ2) is 7.65. The lowest BCUT2D eigenvalue weighted by Gasteiger charge is -2.30. The molecular formula is C18H22N6O2. The molecule has 0 amide bonds. The lowest BCUT2D eigenvalue weighted by atomic mass is 9.95. The highest BCUT2D eigenvalue weighted by Gasteiger charge is 2.23. The second-order valence-electron chi connectivity index (χ2n) is 6.58. The zero-order valence-corrected chi connectivity index (χ0v) is 14.8. The van der Waals surface area contributed by atoms with Gasteiger partial charge in [-0.2, -0.15) is 10.1 Å². The van der Waals surface area contributed by atoms with Gasteiger partial charge in [-0.25, -0.2) is 9.67 Å². The smallest absolute Gasteiger partial charge is 0.213 e. The van der Waals surface area contributed by atoms with Crippen LogP contribution in [0.15, 0.2) is 41.8 Å². The molecule has 0 radical (unpaired) electrons. The minimum atomic E-state index is 0.406. The van der Waals surface area contributed by atoms with Crippen molar-refractivity contribution >= 4 is 0 Å². The van der Waals surface area contributed by atoms with Crippen molar-refractivity contribution in [3.63, 3.8) is 0 Å². The molecule has 3 aromatic rings. The number of likely N-dealkylation sites (tertiary alicyclic amines) is 1. The SMILES string of the molecule is COc1ccc(CN2CCC(c3ncon3)CC2)cc1Cn1cncn1. The maximum Gasteiger partial charge on any atom is 0.213 e. The molecule has 0 bridgehead atoms. The average Bonchev–Trinajstić information content (AvgIpc) is 3.37. The first kappa shape index (κ1) is 16.7. The Morgan fingerprint density at radius 3 is 2.81 bits per heavy atom. The van der Waals surface area contributed by atoms with E-state index in [2.05, 4.69) is 37.3 Å². The third-order valence-corrected chi connectivity index (χ3v) is 4.88. The summed E-state index contributed by atoms with van der Waals surface area (Å²) in [5.74, 6) is 2.12. The van der Waals surface area contributed by atoms with Crippen molar-refractivity contribution in [3.05, 3.63) is 54.2 Å². The average molecular weight is 354 g/mol. The van der Waals surface area contributed by atoms with Crippen molar-refractivity contribution in [2.45, 2.75) is 31.8 Å². The molecule has 0 saturated carbocycles. The Kier molecular flexibility index (Phi) is 4.92. The van der Waals surface area contributed by atoms with E-state index >= 15 is 0 Å². The number of aromatic nitrogens is 5. The van der Waals surface area contributed by atoms with E-state index in [9.17, 15) is 0 Å². The van der Waals surface area contributed by atoms with Gasteiger partial charge in [-0.3, -0.25) is 4.90 Å². The molecule has 1 aliphatic rings. The van der Waals surface area contributed by atoms with Gasteiger partial charge in [-0.05, 0) is 43.6 Å². The van der Waals surface area contributed by atoms with E-state index in [-0.39, 0.29) is 0 Å². The Morgan fingerprint density at radius 2 is 2.12 bits per heavy atom. The van der Waals surface area contributed by atoms with Gasteiger partial charge < -0.3 is 9.26 Å². The van der Waals surface area contributed by atoms with Crippen LogP contribution in [0.4, 0.5) is 0 Å². The second-order valence-corrected chi connectivity index (χ2v) is 6.58. The number of hydrogen-bond acceptors (Lipinski definition) is 7. The normalized spacial score (nSPS) is 16.0. The Morgan fingerprint density at radius 1 is 1.23 bits per heavy atom. The molecule has 2 aromatic heterocycles. The molecule has 8 nitrogen and oxygen atoms in total. The quantitative estimate of drug-likeness (QED) is 0.670. The molecule has 1 fully saturated rings. The first-order valence-electron chi connectivity index (χ1n) is 8.78. The number of nitrogens with zero attached hydrogens (tertiary/aromatic N) is 6. The van der Waals surface area contributed by atoms with E-state index in [4.69, 9.17) is 9.26 Å². The molecule has 0 aliphatic carbocycles. The van der Waals surface area contributed by atoms with Gasteiger partial charge in [0, 0.05) is 18.0 Å². The largest absolute Gasteiger partial charge is 0.496 e. The Bertz CT molecular complexity index is 810. The maximum absolute atomic E-state index is 5.50. The molecular weight excluding hydrogens is 332 g/mol. The van der Waals surface area contributed by atoms with Crippen LogP contribution >= 0.6 is 0 Å². The predicted molar refractivity (Wildman–Crippen MR) is 93.7 cm³/mol. The van der Waals surface area contributed by atoms with Gasteiger partial charge in [0.25, 0.3) is 0 Å². The van der Waals surface area contributed by atoms with Crippen LogP contribution in [0, 0.1) is 0 Å². The Balaban J connectivity index is 1.40. The first-order valence-corrected chi connectivity index (χ1v) is 8.78. The molecule has 1 saturated heterocycles. The highest BCUT2D eigenvalue weighted by molar-refractivity contribution is 5.37. The zero-order chi connectivity index (χ0) is 17.8. The summed E-state index contributed by atoms with van der Waals surface area (Å²) in [6.45, 7) is 3.64. The summed E-state index contributed by atoms with van der Waals surface area (Å²) in [5.41, 5.74) is 2.39. The summed E-state index contributed by atoms with van der Waals surface area (Å²) in [6.07, 6.45) is 6.79. The molecule has 1 aliphatic heterocycles. The lowest BCUT2D eigenvalue weighted by Crippen LogP contribution is -2.32. The van der Waals surface area contributed by atoms with Crippen molar-refractivity contribution in [2.75, 3.05) is 20.2 Å². The summed E-state index contributed by atoms with van der Waals surface area (Å²) in [6, 6.07) is 6.37. The third kappa shape index (κ3) is 3.75. The van der Waals surface area contributed by atoms with E-state index in [1.165, 1.54) is 12.0 Å². The molecule has 26 heavy (non-hydrogen) atoms. The number of benzene rings is 1. The fourth-order valence-electron chi connectivity index (χ4n) is 3.51. The molecule has 8 heteroatoms. The summed E-state index contributed by atoms with van der Waals surface area (Å²) < 4.78 is 12.2. The standard InChI is InChI=1S/C18H22N6O2/c1-25-17-3-2-14(8-16(17)10-24-12-19-11-21-24)9-23-6-4-15(5-7-23)18-20-13-26-22-18/h2-3,8,11-13,15H,4-7,9-10H2,1H3. The molecule has 1 aromatic carbocycles. The molecule has 0 atom stereocenters. The number of hydrogen-bond donors (Lipinski definition) is 0. The summed E-state index contributed by atoms with van der Waals surface area (Å²) in [4.78, 5) is 10.7. The van der Waals surface area contributed by atoms with Crippen LogP contribution in [0.25, 0.3) is 0 Å². The van der Waals surface area contributed by atoms with Crippen molar-refractivity contribution in [1.82, 2.24) is 29.8 Å². The van der Waals surface area contributed by atoms with Crippen molar-refractivity contribution in [1.29, 1.82) is 0 Å². The summed E-state index contributed by atoms with van der Waals surface area (Å²) >= 11 is 0. The lowest BCUT2D eigenvalue weighted by molar-refractivity contribution is 0.200. The van der Waals surface area contributed by atoms with Crippen LogP contribution in [-0.4, -0.2) is 50.0 Å². The van der Waals surface area contributed by atoms with Crippen LogP contribution < -0.4 is 4.74 Å². The van der Waals surface area contributed by atoms with Crippen LogP contribution in [0.2, 0.25) is 0 Å². The number of ether oxygens (including phenoxy) is 1. The minimum absolute atomic E-state index is 0.406. The summed E-state index contributed by atoms with van der Waals surface area (Å²) in [7, 11) is 1.70. The van der Waals surface area contributed by atoms with E-state index in [0.29, 0.717) is 12.5 Å². The van der Waals surface area contributed by atoms with Gasteiger partial charge in [0.05, 0.1) is 13.7 Å². The Labute approximate surface area is 151 Å².